The SMILES string of the molecule is O=P(O)(O)O.O=S(=O)(O)O.[CaH2].[Zn]. The van der Waals surface area contributed by atoms with E-state index in [4.69, 9.17) is 36.8 Å². The molecule has 0 radical (unpaired) electrons. The van der Waals surface area contributed by atoms with Crippen molar-refractivity contribution in [3.63, 3.8) is 0 Å². The molecule has 70 valence electrons. The van der Waals surface area contributed by atoms with Crippen molar-refractivity contribution in [1.29, 1.82) is 0 Å². The Morgan fingerprint density at radius 2 is 1.00 bits per heavy atom. The first-order valence-electron chi connectivity index (χ1n) is 1.48. The van der Waals surface area contributed by atoms with Crippen molar-refractivity contribution < 1.29 is 56.2 Å². The predicted molar refractivity (Wildman–Crippen MR) is 37.0 cm³/mol. The van der Waals surface area contributed by atoms with Crippen LogP contribution >= 0.6 is 7.82 Å². The molecule has 0 aromatic heterocycles. The second kappa shape index (κ2) is 9.42. The molecule has 12 heteroatoms. The molecule has 12 heavy (non-hydrogen) atoms. The second-order valence-corrected chi connectivity index (χ2v) is 2.88. The van der Waals surface area contributed by atoms with E-state index in [0.717, 1.165) is 0 Å². The summed E-state index contributed by atoms with van der Waals surface area (Å²) in [7, 11) is -9.31. The van der Waals surface area contributed by atoms with E-state index in [2.05, 4.69) is 0 Å². The molecule has 5 N–H and O–H groups in total. The first-order chi connectivity index (χ1) is 4.00. The Bertz CT molecular complexity index is 197. The van der Waals surface area contributed by atoms with E-state index in [-0.39, 0.29) is 57.2 Å². The van der Waals surface area contributed by atoms with Crippen LogP contribution in [0.25, 0.3) is 0 Å². The maximum Gasteiger partial charge on any atom is 0 e. The van der Waals surface area contributed by atoms with Gasteiger partial charge in [0.25, 0.3) is 0 Å². The van der Waals surface area contributed by atoms with Crippen LogP contribution < -0.4 is 0 Å². The smallest absolute Gasteiger partial charge is 0 e. The number of hydrogen-bond donors (Lipinski definition) is 5. The van der Waals surface area contributed by atoms with Gasteiger partial charge in [-0.15, -0.1) is 0 Å². The van der Waals surface area contributed by atoms with Gasteiger partial charge in [-0.2, -0.15) is 8.42 Å². The zero-order chi connectivity index (χ0) is 9.00. The van der Waals surface area contributed by atoms with Crippen LogP contribution in [0, 0.1) is 0 Å². The fourth-order valence-corrected chi connectivity index (χ4v) is 0. The van der Waals surface area contributed by atoms with Crippen LogP contribution in [0.5, 0.6) is 0 Å². The monoisotopic (exact) mass is 302 g/mol. The Kier molecular flexibility index (Phi) is 18.5. The quantitative estimate of drug-likeness (QED) is 0.187. The van der Waals surface area contributed by atoms with Crippen LogP contribution in [-0.2, 0) is 34.4 Å². The summed E-state index contributed by atoms with van der Waals surface area (Å²) in [6, 6.07) is 0. The molecule has 0 aromatic carbocycles. The van der Waals surface area contributed by atoms with Crippen LogP contribution in [0.2, 0.25) is 0 Å². The average molecular weight is 304 g/mol. The molecule has 0 heterocycles. The summed E-state index contributed by atoms with van der Waals surface area (Å²) >= 11 is 0. The fraction of sp³-hybridized carbons (Fsp3) is 0. The molecule has 0 saturated heterocycles. The van der Waals surface area contributed by atoms with Crippen molar-refractivity contribution in [1.82, 2.24) is 0 Å². The molecule has 0 spiro atoms. The summed E-state index contributed by atoms with van der Waals surface area (Å²) in [5, 5.41) is 0. The van der Waals surface area contributed by atoms with Crippen LogP contribution in [0.1, 0.15) is 0 Å². The summed E-state index contributed by atoms with van der Waals surface area (Å²) in [5.41, 5.74) is 0. The van der Waals surface area contributed by atoms with Gasteiger partial charge in [0.15, 0.2) is 0 Å². The summed E-state index contributed by atoms with van der Waals surface area (Å²) in [4.78, 5) is 21.6. The molecule has 0 saturated carbocycles. The van der Waals surface area contributed by atoms with Crippen molar-refractivity contribution in [3.8, 4) is 0 Å². The molecule has 0 aromatic rings. The van der Waals surface area contributed by atoms with E-state index in [1.165, 1.54) is 0 Å². The Morgan fingerprint density at radius 3 is 1.00 bits per heavy atom. The van der Waals surface area contributed by atoms with E-state index in [1.54, 1.807) is 0 Å². The summed E-state index contributed by atoms with van der Waals surface area (Å²) in [5.74, 6) is 0. The fourth-order valence-electron chi connectivity index (χ4n) is 0. The van der Waals surface area contributed by atoms with Gasteiger partial charge in [-0.3, -0.25) is 9.11 Å². The van der Waals surface area contributed by atoms with Gasteiger partial charge in [0, 0.05) is 19.5 Å². The second-order valence-electron chi connectivity index (χ2n) is 0.961. The van der Waals surface area contributed by atoms with Crippen LogP contribution in [0.15, 0.2) is 0 Å². The topological polar surface area (TPSA) is 152 Å². The Labute approximate surface area is 111 Å². The van der Waals surface area contributed by atoms with Crippen molar-refractivity contribution in [2.24, 2.45) is 0 Å². The first-order valence-corrected chi connectivity index (χ1v) is 4.44. The average Bonchev–Trinajstić information content (AvgIpc) is 1.12. The third-order valence-corrected chi connectivity index (χ3v) is 0. The van der Waals surface area contributed by atoms with Crippen molar-refractivity contribution in [2.45, 2.75) is 0 Å². The molecule has 8 nitrogen and oxygen atoms in total. The van der Waals surface area contributed by atoms with Crippen LogP contribution in [0.4, 0.5) is 0 Å². The van der Waals surface area contributed by atoms with Gasteiger partial charge in [-0.25, -0.2) is 4.57 Å². The Balaban J connectivity index is -0.0000000457. The molecule has 0 aliphatic heterocycles. The minimum absolute atomic E-state index is 0. The normalized spacial score (nSPS) is 9.75. The maximum atomic E-state index is 8.88. The standard InChI is InChI=1S/Ca.H3O4P.H2O4S.Zn.2H/c;2*1-5(2,3)4;;;/h;(H3,1,2,3,4);(H2,1,2,3,4);;;. The van der Waals surface area contributed by atoms with Gasteiger partial charge < -0.3 is 14.7 Å². The Morgan fingerprint density at radius 1 is 1.00 bits per heavy atom. The van der Waals surface area contributed by atoms with Crippen molar-refractivity contribution in [2.75, 3.05) is 0 Å². The minimum atomic E-state index is -4.67. The molecule has 0 aliphatic rings. The van der Waals surface area contributed by atoms with Crippen LogP contribution in [0.3, 0.4) is 0 Å². The molecule has 0 fully saturated rings. The van der Waals surface area contributed by atoms with Crippen molar-refractivity contribution >= 4 is 56.0 Å². The first kappa shape index (κ1) is 23.6. The molecule has 0 rings (SSSR count). The van der Waals surface area contributed by atoms with Gasteiger partial charge in [0.05, 0.1) is 0 Å². The van der Waals surface area contributed by atoms with Gasteiger partial charge >= 0.3 is 56.0 Å². The number of phosphoric acid groups is 1. The van der Waals surface area contributed by atoms with E-state index >= 15 is 0 Å². The maximum absolute atomic E-state index is 8.88. The van der Waals surface area contributed by atoms with Gasteiger partial charge in [-0.1, -0.05) is 0 Å². The Hall–Kier alpha value is 1.86. The third kappa shape index (κ3) is 403. The molecular formula is H7CaO8PSZn. The molecule has 0 atom stereocenters. The van der Waals surface area contributed by atoms with Crippen molar-refractivity contribution in [3.05, 3.63) is 0 Å². The van der Waals surface area contributed by atoms with E-state index in [1.807, 2.05) is 0 Å². The summed E-state index contributed by atoms with van der Waals surface area (Å²) < 4.78 is 40.5. The zero-order valence-electron chi connectivity index (χ0n) is 5.02. The molecule has 0 unspecified atom stereocenters. The van der Waals surface area contributed by atoms with E-state index in [0.29, 0.717) is 0 Å². The number of hydrogen-bond acceptors (Lipinski definition) is 3. The summed E-state index contributed by atoms with van der Waals surface area (Å²) in [6.45, 7) is 0. The van der Waals surface area contributed by atoms with E-state index in [9.17, 15) is 0 Å². The largest absolute Gasteiger partial charge is 0 e. The van der Waals surface area contributed by atoms with Crippen LogP contribution in [-0.4, -0.2) is 69.9 Å². The van der Waals surface area contributed by atoms with Gasteiger partial charge in [-0.05, 0) is 0 Å². The number of rotatable bonds is 0. The molecule has 0 bridgehead atoms. The van der Waals surface area contributed by atoms with Gasteiger partial charge in [0.2, 0.25) is 0 Å². The molecular weight excluding hydrogens is 297 g/mol. The van der Waals surface area contributed by atoms with Gasteiger partial charge in [0.1, 0.15) is 0 Å². The minimum Gasteiger partial charge on any atom is 0 e. The third-order valence-electron chi connectivity index (χ3n) is 0. The predicted octanol–water partition coefficient (Wildman–Crippen LogP) is -2.50. The molecule has 0 amide bonds. The molecule has 0 aliphatic carbocycles. The zero-order valence-corrected chi connectivity index (χ0v) is 9.70. The summed E-state index contributed by atoms with van der Waals surface area (Å²) in [6.07, 6.45) is 0. The van der Waals surface area contributed by atoms with E-state index < -0.39 is 18.2 Å².